The van der Waals surface area contributed by atoms with Crippen LogP contribution in [0.3, 0.4) is 0 Å². The number of hydrogen-bond donors (Lipinski definition) is 0. The fourth-order valence-electron chi connectivity index (χ4n) is 4.63. The first-order valence-electron chi connectivity index (χ1n) is 12.2. The van der Waals surface area contributed by atoms with Gasteiger partial charge in [-0.05, 0) is 73.8 Å². The zero-order valence-corrected chi connectivity index (χ0v) is 20.1. The van der Waals surface area contributed by atoms with Crippen molar-refractivity contribution in [3.8, 4) is 28.0 Å². The quantitative estimate of drug-likeness (QED) is 0.299. The molecule has 1 heterocycles. The Morgan fingerprint density at radius 3 is 1.97 bits per heavy atom. The normalized spacial score (nSPS) is 18.0. The lowest BCUT2D eigenvalue weighted by molar-refractivity contribution is -0.0190. The van der Waals surface area contributed by atoms with Gasteiger partial charge in [0.2, 0.25) is 5.82 Å². The molecule has 0 bridgehead atoms. The lowest BCUT2D eigenvalue weighted by atomic mass is 9.91. The molecule has 0 aliphatic carbocycles. The molecule has 0 amide bonds. The minimum atomic E-state index is -1.05. The van der Waals surface area contributed by atoms with Crippen molar-refractivity contribution in [2.24, 2.45) is 5.92 Å². The van der Waals surface area contributed by atoms with E-state index < -0.39 is 23.3 Å². The number of halogens is 4. The van der Waals surface area contributed by atoms with Gasteiger partial charge in [-0.1, -0.05) is 43.3 Å². The summed E-state index contributed by atoms with van der Waals surface area (Å²) < 4.78 is 69.4. The molecule has 1 saturated heterocycles. The Morgan fingerprint density at radius 2 is 1.40 bits per heavy atom. The van der Waals surface area contributed by atoms with Gasteiger partial charge in [-0.15, -0.1) is 0 Å². The zero-order chi connectivity index (χ0) is 24.9. The maximum absolute atomic E-state index is 14.9. The molecule has 1 aliphatic rings. The highest BCUT2D eigenvalue weighted by molar-refractivity contribution is 5.71. The maximum atomic E-state index is 14.9. The molecule has 0 spiro atoms. The molecule has 2 atom stereocenters. The second-order valence-corrected chi connectivity index (χ2v) is 9.00. The molecular formula is C29H30F4O2. The standard InChI is InChI=1S/C29H30F4O2/c1-3-22-13-6-18(17-35-22)5-7-21-12-14-23(27(31)26(21)30)19-8-10-20(11-9-19)24-15-16-25(34-4-2)29(33)28(24)32/h8-12,14-16,18,22H,3-7,13,17H2,1-2H3. The summed E-state index contributed by atoms with van der Waals surface area (Å²) >= 11 is 0. The van der Waals surface area contributed by atoms with Crippen molar-refractivity contribution in [3.63, 3.8) is 0 Å². The van der Waals surface area contributed by atoms with Gasteiger partial charge in [0.25, 0.3) is 0 Å². The van der Waals surface area contributed by atoms with Gasteiger partial charge in [-0.2, -0.15) is 4.39 Å². The minimum Gasteiger partial charge on any atom is -0.491 e. The molecule has 1 aliphatic heterocycles. The molecule has 0 N–H and O–H groups in total. The maximum Gasteiger partial charge on any atom is 0.201 e. The molecule has 6 heteroatoms. The van der Waals surface area contributed by atoms with Crippen molar-refractivity contribution in [2.45, 2.75) is 52.1 Å². The van der Waals surface area contributed by atoms with Crippen LogP contribution in [-0.4, -0.2) is 19.3 Å². The van der Waals surface area contributed by atoms with Crippen molar-refractivity contribution in [2.75, 3.05) is 13.2 Å². The van der Waals surface area contributed by atoms with E-state index in [1.54, 1.807) is 43.3 Å². The molecule has 3 aromatic carbocycles. The molecule has 186 valence electrons. The Balaban J connectivity index is 1.48. The van der Waals surface area contributed by atoms with Gasteiger partial charge < -0.3 is 9.47 Å². The Kier molecular flexibility index (Phi) is 8.11. The minimum absolute atomic E-state index is 0.0662. The summed E-state index contributed by atoms with van der Waals surface area (Å²) in [6.45, 7) is 4.69. The first-order valence-corrected chi connectivity index (χ1v) is 12.2. The Bertz CT molecular complexity index is 1150. The summed E-state index contributed by atoms with van der Waals surface area (Å²) in [6, 6.07) is 12.3. The van der Waals surface area contributed by atoms with E-state index in [1.165, 1.54) is 12.1 Å². The van der Waals surface area contributed by atoms with Crippen molar-refractivity contribution in [1.29, 1.82) is 0 Å². The van der Waals surface area contributed by atoms with E-state index in [1.807, 2.05) is 0 Å². The Morgan fingerprint density at radius 1 is 0.771 bits per heavy atom. The van der Waals surface area contributed by atoms with Crippen LogP contribution in [0.15, 0.2) is 48.5 Å². The molecular weight excluding hydrogens is 456 g/mol. The molecule has 3 aromatic rings. The van der Waals surface area contributed by atoms with Gasteiger partial charge in [0.05, 0.1) is 12.7 Å². The fraction of sp³-hybridized carbons (Fsp3) is 0.379. The topological polar surface area (TPSA) is 18.5 Å². The predicted molar refractivity (Wildman–Crippen MR) is 129 cm³/mol. The van der Waals surface area contributed by atoms with Crippen LogP contribution in [0.2, 0.25) is 0 Å². The molecule has 0 aromatic heterocycles. The van der Waals surface area contributed by atoms with E-state index >= 15 is 0 Å². The largest absolute Gasteiger partial charge is 0.491 e. The molecule has 0 saturated carbocycles. The first kappa shape index (κ1) is 25.2. The summed E-state index contributed by atoms with van der Waals surface area (Å²) in [4.78, 5) is 0. The second-order valence-electron chi connectivity index (χ2n) is 9.00. The summed E-state index contributed by atoms with van der Waals surface area (Å²) in [7, 11) is 0. The van der Waals surface area contributed by atoms with Gasteiger partial charge >= 0.3 is 0 Å². The van der Waals surface area contributed by atoms with Crippen molar-refractivity contribution >= 4 is 0 Å². The fourth-order valence-corrected chi connectivity index (χ4v) is 4.63. The van der Waals surface area contributed by atoms with Crippen LogP contribution in [0, 0.1) is 29.2 Å². The van der Waals surface area contributed by atoms with E-state index in [0.29, 0.717) is 41.7 Å². The lowest BCUT2D eigenvalue weighted by Crippen LogP contribution is -2.25. The van der Waals surface area contributed by atoms with E-state index in [9.17, 15) is 17.6 Å². The van der Waals surface area contributed by atoms with Crippen molar-refractivity contribution < 1.29 is 27.0 Å². The van der Waals surface area contributed by atoms with Crippen molar-refractivity contribution in [1.82, 2.24) is 0 Å². The highest BCUT2D eigenvalue weighted by atomic mass is 19.2. The Hall–Kier alpha value is -2.86. The highest BCUT2D eigenvalue weighted by Gasteiger charge is 2.22. The van der Waals surface area contributed by atoms with Crippen LogP contribution >= 0.6 is 0 Å². The highest BCUT2D eigenvalue weighted by Crippen LogP contribution is 2.33. The van der Waals surface area contributed by atoms with Crippen LogP contribution in [0.1, 0.15) is 45.1 Å². The van der Waals surface area contributed by atoms with Gasteiger partial charge in [0.15, 0.2) is 23.2 Å². The van der Waals surface area contributed by atoms with E-state index in [0.717, 1.165) is 25.7 Å². The Labute approximate surface area is 203 Å². The smallest absolute Gasteiger partial charge is 0.201 e. The van der Waals surface area contributed by atoms with Crippen LogP contribution in [0.5, 0.6) is 5.75 Å². The number of benzene rings is 3. The first-order chi connectivity index (χ1) is 16.9. The number of ether oxygens (including phenoxy) is 2. The third kappa shape index (κ3) is 5.53. The number of hydrogen-bond acceptors (Lipinski definition) is 2. The van der Waals surface area contributed by atoms with E-state index in [-0.39, 0.29) is 23.5 Å². The van der Waals surface area contributed by atoms with E-state index in [4.69, 9.17) is 9.47 Å². The van der Waals surface area contributed by atoms with Crippen LogP contribution in [0.25, 0.3) is 22.3 Å². The SMILES string of the molecule is CCOc1ccc(-c2ccc(-c3ccc(CCC4CCC(CC)OC4)c(F)c3F)cc2)c(F)c1F. The van der Waals surface area contributed by atoms with Crippen LogP contribution in [0.4, 0.5) is 17.6 Å². The molecule has 0 radical (unpaired) electrons. The molecule has 2 unspecified atom stereocenters. The zero-order valence-electron chi connectivity index (χ0n) is 20.1. The average Bonchev–Trinajstić information content (AvgIpc) is 2.88. The third-order valence-electron chi connectivity index (χ3n) is 6.76. The van der Waals surface area contributed by atoms with Gasteiger partial charge in [-0.25, -0.2) is 13.2 Å². The average molecular weight is 487 g/mol. The van der Waals surface area contributed by atoms with E-state index in [2.05, 4.69) is 6.92 Å². The summed E-state index contributed by atoms with van der Waals surface area (Å²) in [6.07, 6.45) is 4.59. The van der Waals surface area contributed by atoms with Gasteiger partial charge in [0.1, 0.15) is 0 Å². The molecule has 2 nitrogen and oxygen atoms in total. The monoisotopic (exact) mass is 486 g/mol. The lowest BCUT2D eigenvalue weighted by Gasteiger charge is -2.28. The molecule has 4 rings (SSSR count). The number of aryl methyl sites for hydroxylation is 1. The molecule has 35 heavy (non-hydrogen) atoms. The molecule has 1 fully saturated rings. The number of rotatable bonds is 8. The van der Waals surface area contributed by atoms with Crippen molar-refractivity contribution in [3.05, 3.63) is 77.4 Å². The predicted octanol–water partition coefficient (Wildman–Crippen LogP) is 8.11. The third-order valence-corrected chi connectivity index (χ3v) is 6.76. The summed E-state index contributed by atoms with van der Waals surface area (Å²) in [5.41, 5.74) is 1.42. The van der Waals surface area contributed by atoms with Gasteiger partial charge in [0, 0.05) is 17.7 Å². The summed E-state index contributed by atoms with van der Waals surface area (Å²) in [5.74, 6) is -3.60. The van der Waals surface area contributed by atoms with Gasteiger partial charge in [-0.3, -0.25) is 0 Å². The van der Waals surface area contributed by atoms with Crippen LogP contribution < -0.4 is 4.74 Å². The summed E-state index contributed by atoms with van der Waals surface area (Å²) in [5, 5.41) is 0. The van der Waals surface area contributed by atoms with Crippen LogP contribution in [-0.2, 0) is 11.2 Å². The second kappa shape index (κ2) is 11.3.